The first-order chi connectivity index (χ1) is 17.1. The summed E-state index contributed by atoms with van der Waals surface area (Å²) < 4.78 is 6.34. The van der Waals surface area contributed by atoms with E-state index < -0.39 is 0 Å². The zero-order valence-electron chi connectivity index (χ0n) is 18.8. The van der Waals surface area contributed by atoms with Crippen molar-refractivity contribution in [1.29, 1.82) is 5.26 Å². The second-order valence-corrected chi connectivity index (χ2v) is 8.68. The predicted molar refractivity (Wildman–Crippen MR) is 134 cm³/mol. The minimum Gasteiger partial charge on any atom is -0.496 e. The molecule has 1 amide bonds. The van der Waals surface area contributed by atoms with Gasteiger partial charge in [0.05, 0.1) is 29.0 Å². The zero-order chi connectivity index (χ0) is 24.4. The molecule has 170 valence electrons. The van der Waals surface area contributed by atoms with Crippen molar-refractivity contribution in [3.05, 3.63) is 84.1 Å². The summed E-state index contributed by atoms with van der Waals surface area (Å²) in [4.78, 5) is 30.6. The molecule has 0 radical (unpaired) electrons. The highest BCUT2D eigenvalue weighted by Crippen LogP contribution is 2.34. The van der Waals surface area contributed by atoms with Crippen molar-refractivity contribution in [3.8, 4) is 34.1 Å². The highest BCUT2D eigenvalue weighted by Gasteiger charge is 2.19. The van der Waals surface area contributed by atoms with E-state index in [9.17, 15) is 10.1 Å². The lowest BCUT2D eigenvalue weighted by Crippen LogP contribution is -2.14. The van der Waals surface area contributed by atoms with Crippen LogP contribution in [0.5, 0.6) is 5.75 Å². The van der Waals surface area contributed by atoms with Crippen LogP contribution in [0.3, 0.4) is 0 Å². The summed E-state index contributed by atoms with van der Waals surface area (Å²) in [6.07, 6.45) is 6.73. The number of aromatic nitrogens is 4. The Morgan fingerprint density at radius 3 is 2.63 bits per heavy atom. The molecule has 0 saturated carbocycles. The molecule has 5 aromatic rings. The van der Waals surface area contributed by atoms with Crippen LogP contribution in [0.4, 0.5) is 5.13 Å². The van der Waals surface area contributed by atoms with Gasteiger partial charge < -0.3 is 4.74 Å². The van der Waals surface area contributed by atoms with Gasteiger partial charge in [-0.05, 0) is 55.0 Å². The summed E-state index contributed by atoms with van der Waals surface area (Å²) in [7, 11) is 1.55. The first-order valence-corrected chi connectivity index (χ1v) is 11.4. The Morgan fingerprint density at radius 2 is 1.86 bits per heavy atom. The minimum absolute atomic E-state index is 0.341. The third-order valence-electron chi connectivity index (χ3n) is 5.39. The number of nitriles is 1. The van der Waals surface area contributed by atoms with Crippen molar-refractivity contribution in [2.24, 2.45) is 0 Å². The molecule has 0 aliphatic carbocycles. The molecule has 0 bridgehead atoms. The number of rotatable bonds is 5. The average Bonchev–Trinajstić information content (AvgIpc) is 3.30. The van der Waals surface area contributed by atoms with Gasteiger partial charge in [0, 0.05) is 47.2 Å². The van der Waals surface area contributed by atoms with Gasteiger partial charge in [-0.25, -0.2) is 4.98 Å². The Labute approximate surface area is 204 Å². The Kier molecular flexibility index (Phi) is 5.87. The molecule has 4 heterocycles. The summed E-state index contributed by atoms with van der Waals surface area (Å²) in [6, 6.07) is 14.8. The van der Waals surface area contributed by atoms with Gasteiger partial charge in [-0.15, -0.1) is 0 Å². The molecule has 0 atom stereocenters. The summed E-state index contributed by atoms with van der Waals surface area (Å²) in [5, 5.41) is 12.7. The lowest BCUT2D eigenvalue weighted by atomic mass is 9.97. The van der Waals surface area contributed by atoms with Crippen molar-refractivity contribution in [2.75, 3.05) is 12.4 Å². The molecule has 1 N–H and O–H groups in total. The Morgan fingerprint density at radius 1 is 1.03 bits per heavy atom. The maximum Gasteiger partial charge on any atom is 0.259 e. The van der Waals surface area contributed by atoms with Gasteiger partial charge in [0.2, 0.25) is 0 Å². The SMILES string of the molecule is COc1ccc(C#N)cc1-c1cc(C)ncc1C(=O)Nc1nc2ncc(-c3ccncc3)cc2s1. The third-order valence-corrected chi connectivity index (χ3v) is 6.29. The number of carbonyl (C=O) groups excluding carboxylic acids is 1. The fourth-order valence-corrected chi connectivity index (χ4v) is 4.55. The Hall–Kier alpha value is -4.68. The highest BCUT2D eigenvalue weighted by atomic mass is 32.1. The summed E-state index contributed by atoms with van der Waals surface area (Å²) in [5.41, 5.74) is 5.27. The lowest BCUT2D eigenvalue weighted by Gasteiger charge is -2.13. The number of anilines is 1. The van der Waals surface area contributed by atoms with Gasteiger partial charge in [-0.2, -0.15) is 10.2 Å². The number of hydrogen-bond donors (Lipinski definition) is 1. The molecule has 0 fully saturated rings. The first-order valence-electron chi connectivity index (χ1n) is 10.6. The predicted octanol–water partition coefficient (Wildman–Crippen LogP) is 5.26. The normalized spacial score (nSPS) is 10.7. The summed E-state index contributed by atoms with van der Waals surface area (Å²) >= 11 is 1.34. The lowest BCUT2D eigenvalue weighted by molar-refractivity contribution is 0.102. The largest absolute Gasteiger partial charge is 0.496 e. The molecule has 8 nitrogen and oxygen atoms in total. The number of nitrogens with one attached hydrogen (secondary N) is 1. The average molecular weight is 479 g/mol. The van der Waals surface area contributed by atoms with E-state index >= 15 is 0 Å². The van der Waals surface area contributed by atoms with Gasteiger partial charge in [-0.3, -0.25) is 20.1 Å². The van der Waals surface area contributed by atoms with Crippen LogP contribution in [0.25, 0.3) is 32.6 Å². The first kappa shape index (κ1) is 22.1. The zero-order valence-corrected chi connectivity index (χ0v) is 19.6. The molecular weight excluding hydrogens is 460 g/mol. The number of amides is 1. The summed E-state index contributed by atoms with van der Waals surface area (Å²) in [5.74, 6) is 0.182. The van der Waals surface area contributed by atoms with Crippen molar-refractivity contribution in [2.45, 2.75) is 6.92 Å². The number of aryl methyl sites for hydroxylation is 1. The maximum absolute atomic E-state index is 13.3. The van der Waals surface area contributed by atoms with Crippen LogP contribution in [0, 0.1) is 18.3 Å². The maximum atomic E-state index is 13.3. The topological polar surface area (TPSA) is 114 Å². The molecule has 5 rings (SSSR count). The minimum atomic E-state index is -0.370. The fraction of sp³-hybridized carbons (Fsp3) is 0.0769. The van der Waals surface area contributed by atoms with Crippen LogP contribution in [0.2, 0.25) is 0 Å². The third kappa shape index (κ3) is 4.43. The number of fused-ring (bicyclic) bond motifs is 1. The van der Waals surface area contributed by atoms with Crippen LogP contribution in [-0.2, 0) is 0 Å². The van der Waals surface area contributed by atoms with E-state index in [1.54, 1.807) is 50.0 Å². The van der Waals surface area contributed by atoms with Crippen LogP contribution in [-0.4, -0.2) is 33.0 Å². The number of benzene rings is 1. The summed E-state index contributed by atoms with van der Waals surface area (Å²) in [6.45, 7) is 1.84. The van der Waals surface area contributed by atoms with Crippen molar-refractivity contribution in [1.82, 2.24) is 19.9 Å². The van der Waals surface area contributed by atoms with Gasteiger partial charge in [0.15, 0.2) is 10.8 Å². The molecule has 0 spiro atoms. The fourth-order valence-electron chi connectivity index (χ4n) is 3.69. The Bertz CT molecular complexity index is 1610. The monoisotopic (exact) mass is 478 g/mol. The molecule has 9 heteroatoms. The van der Waals surface area contributed by atoms with Gasteiger partial charge in [-0.1, -0.05) is 11.3 Å². The molecule has 0 unspecified atom stereocenters. The van der Waals surface area contributed by atoms with E-state index in [0.29, 0.717) is 38.8 Å². The molecule has 1 aromatic carbocycles. The van der Waals surface area contributed by atoms with E-state index in [0.717, 1.165) is 21.5 Å². The second-order valence-electron chi connectivity index (χ2n) is 7.65. The number of hydrogen-bond acceptors (Lipinski definition) is 8. The number of thiazole rings is 1. The number of carbonyl (C=O) groups is 1. The molecular formula is C26H18N6O2S. The molecule has 0 aliphatic heterocycles. The van der Waals surface area contributed by atoms with Crippen molar-refractivity contribution in [3.63, 3.8) is 0 Å². The van der Waals surface area contributed by atoms with Gasteiger partial charge in [0.1, 0.15) is 5.75 Å². The molecule has 0 aliphatic rings. The van der Waals surface area contributed by atoms with Crippen LogP contribution in [0.1, 0.15) is 21.6 Å². The van der Waals surface area contributed by atoms with Crippen LogP contribution in [0.15, 0.2) is 67.3 Å². The molecule has 0 saturated heterocycles. The van der Waals surface area contributed by atoms with Gasteiger partial charge >= 0.3 is 0 Å². The number of ether oxygens (including phenoxy) is 1. The number of nitrogens with zero attached hydrogens (tertiary/aromatic N) is 5. The van der Waals surface area contributed by atoms with E-state index in [1.165, 1.54) is 17.5 Å². The van der Waals surface area contributed by atoms with Crippen molar-refractivity contribution < 1.29 is 9.53 Å². The van der Waals surface area contributed by atoms with Crippen LogP contribution < -0.4 is 10.1 Å². The Balaban J connectivity index is 1.50. The van der Waals surface area contributed by atoms with E-state index in [2.05, 4.69) is 31.3 Å². The van der Waals surface area contributed by atoms with E-state index in [1.807, 2.05) is 25.1 Å². The second kappa shape index (κ2) is 9.29. The number of methoxy groups -OCH3 is 1. The van der Waals surface area contributed by atoms with E-state index in [4.69, 9.17) is 4.74 Å². The standard InChI is InChI=1S/C26H18N6O2S/c1-15-9-19(20-10-16(12-27)3-4-22(20)34-2)21(14-29-15)25(33)32-26-31-24-23(35-26)11-18(13-30-24)17-5-7-28-8-6-17/h3-11,13-14H,1-2H3,(H,30,31,32,33). The van der Waals surface area contributed by atoms with E-state index in [-0.39, 0.29) is 5.91 Å². The smallest absolute Gasteiger partial charge is 0.259 e. The van der Waals surface area contributed by atoms with Crippen molar-refractivity contribution >= 4 is 32.7 Å². The molecule has 35 heavy (non-hydrogen) atoms. The van der Waals surface area contributed by atoms with Gasteiger partial charge in [0.25, 0.3) is 5.91 Å². The number of pyridine rings is 3. The highest BCUT2D eigenvalue weighted by molar-refractivity contribution is 7.22. The van der Waals surface area contributed by atoms with Crippen LogP contribution >= 0.6 is 11.3 Å². The molecule has 4 aromatic heterocycles. The quantitative estimate of drug-likeness (QED) is 0.367.